The van der Waals surface area contributed by atoms with Crippen LogP contribution in [0.25, 0.3) is 0 Å². The zero-order chi connectivity index (χ0) is 12.8. The molecule has 0 saturated carbocycles. The molecule has 4 N–H and O–H groups in total. The number of rotatable bonds is 6. The Morgan fingerprint density at radius 3 is 2.41 bits per heavy atom. The summed E-state index contributed by atoms with van der Waals surface area (Å²) >= 11 is 0. The maximum atomic E-state index is 9.79. The second-order valence-electron chi connectivity index (χ2n) is 4.27. The monoisotopic (exact) mass is 250 g/mol. The maximum absolute atomic E-state index is 9.79. The van der Waals surface area contributed by atoms with E-state index in [1.165, 1.54) is 0 Å². The highest BCUT2D eigenvalue weighted by Gasteiger charge is 2.44. The summed E-state index contributed by atoms with van der Waals surface area (Å²) in [4.78, 5) is 0. The quantitative estimate of drug-likeness (QED) is 0.451. The molecule has 0 aliphatic carbocycles. The molecule has 1 aliphatic heterocycles. The molecule has 0 unspecified atom stereocenters. The lowest BCUT2D eigenvalue weighted by Crippen LogP contribution is -2.59. The Hall–Kier alpha value is -0.240. The third-order valence-corrected chi connectivity index (χ3v) is 2.90. The molecule has 6 heteroatoms. The molecule has 0 bridgehead atoms. The fourth-order valence-corrected chi connectivity index (χ4v) is 1.84. The SMILES string of the molecule is CCCCCO[C@@H]1[C@@H](O)[C@H](O)O[C@H](CO)[C@H]1O. The van der Waals surface area contributed by atoms with Gasteiger partial charge in [-0.3, -0.25) is 0 Å². The summed E-state index contributed by atoms with van der Waals surface area (Å²) in [5.74, 6) is 0. The Kier molecular flexibility index (Phi) is 6.32. The summed E-state index contributed by atoms with van der Waals surface area (Å²) in [6, 6.07) is 0. The van der Waals surface area contributed by atoms with Crippen LogP contribution in [-0.4, -0.2) is 64.3 Å². The van der Waals surface area contributed by atoms with E-state index in [1.54, 1.807) is 0 Å². The molecule has 5 atom stereocenters. The van der Waals surface area contributed by atoms with Crippen molar-refractivity contribution < 1.29 is 29.9 Å². The van der Waals surface area contributed by atoms with E-state index < -0.39 is 37.3 Å². The van der Waals surface area contributed by atoms with Gasteiger partial charge < -0.3 is 29.9 Å². The number of aliphatic hydroxyl groups excluding tert-OH is 4. The van der Waals surface area contributed by atoms with Crippen LogP contribution in [0.2, 0.25) is 0 Å². The molecule has 1 rings (SSSR count). The summed E-state index contributed by atoms with van der Waals surface area (Å²) in [7, 11) is 0. The minimum Gasteiger partial charge on any atom is -0.394 e. The van der Waals surface area contributed by atoms with Gasteiger partial charge in [-0.15, -0.1) is 0 Å². The predicted octanol–water partition coefficient (Wildman–Crippen LogP) is -1.01. The van der Waals surface area contributed by atoms with Crippen molar-refractivity contribution in [1.82, 2.24) is 0 Å². The molecular weight excluding hydrogens is 228 g/mol. The van der Waals surface area contributed by atoms with Crippen molar-refractivity contribution in [1.29, 1.82) is 0 Å². The summed E-state index contributed by atoms with van der Waals surface area (Å²) in [5, 5.41) is 37.8. The van der Waals surface area contributed by atoms with E-state index in [2.05, 4.69) is 6.92 Å². The largest absolute Gasteiger partial charge is 0.394 e. The Bertz CT molecular complexity index is 212. The zero-order valence-corrected chi connectivity index (χ0v) is 10.0. The lowest BCUT2D eigenvalue weighted by atomic mass is 9.99. The maximum Gasteiger partial charge on any atom is 0.184 e. The highest BCUT2D eigenvalue weighted by atomic mass is 16.6. The van der Waals surface area contributed by atoms with Crippen molar-refractivity contribution in [2.24, 2.45) is 0 Å². The second kappa shape index (κ2) is 7.25. The van der Waals surface area contributed by atoms with Crippen LogP contribution >= 0.6 is 0 Å². The average molecular weight is 250 g/mol. The molecule has 1 saturated heterocycles. The summed E-state index contributed by atoms with van der Waals surface area (Å²) < 4.78 is 10.2. The van der Waals surface area contributed by atoms with Gasteiger partial charge >= 0.3 is 0 Å². The number of unbranched alkanes of at least 4 members (excludes halogenated alkanes) is 2. The van der Waals surface area contributed by atoms with Crippen LogP contribution in [-0.2, 0) is 9.47 Å². The van der Waals surface area contributed by atoms with E-state index in [0.717, 1.165) is 19.3 Å². The van der Waals surface area contributed by atoms with Crippen LogP contribution in [0.5, 0.6) is 0 Å². The standard InChI is InChI=1S/C11H22O6/c1-2-3-4-5-16-10-8(13)7(6-12)17-11(15)9(10)14/h7-15H,2-6H2,1H3/t7-,8-,9-,10+,11-/m1/s1. The first-order valence-corrected chi connectivity index (χ1v) is 6.04. The highest BCUT2D eigenvalue weighted by molar-refractivity contribution is 4.89. The Morgan fingerprint density at radius 1 is 1.12 bits per heavy atom. The van der Waals surface area contributed by atoms with Gasteiger partial charge in [-0.25, -0.2) is 0 Å². The Labute approximate surface area is 101 Å². The first-order valence-electron chi connectivity index (χ1n) is 6.04. The van der Waals surface area contributed by atoms with Crippen LogP contribution in [0.15, 0.2) is 0 Å². The average Bonchev–Trinajstić information content (AvgIpc) is 2.33. The topological polar surface area (TPSA) is 99.4 Å². The molecule has 0 radical (unpaired) electrons. The fourth-order valence-electron chi connectivity index (χ4n) is 1.84. The summed E-state index contributed by atoms with van der Waals surface area (Å²) in [5.41, 5.74) is 0. The first kappa shape index (κ1) is 14.8. The van der Waals surface area contributed by atoms with Crippen molar-refractivity contribution in [3.63, 3.8) is 0 Å². The lowest BCUT2D eigenvalue weighted by Gasteiger charge is -2.39. The van der Waals surface area contributed by atoms with Crippen LogP contribution in [0.4, 0.5) is 0 Å². The third kappa shape index (κ3) is 3.87. The van der Waals surface area contributed by atoms with Gasteiger partial charge in [0.1, 0.15) is 24.4 Å². The van der Waals surface area contributed by atoms with E-state index >= 15 is 0 Å². The second-order valence-corrected chi connectivity index (χ2v) is 4.27. The Morgan fingerprint density at radius 2 is 1.82 bits per heavy atom. The van der Waals surface area contributed by atoms with Crippen LogP contribution < -0.4 is 0 Å². The van der Waals surface area contributed by atoms with Gasteiger partial charge in [-0.05, 0) is 6.42 Å². The highest BCUT2D eigenvalue weighted by Crippen LogP contribution is 2.22. The molecular formula is C11H22O6. The van der Waals surface area contributed by atoms with Gasteiger partial charge in [-0.1, -0.05) is 19.8 Å². The van der Waals surface area contributed by atoms with E-state index in [0.29, 0.717) is 6.61 Å². The zero-order valence-electron chi connectivity index (χ0n) is 10.0. The van der Waals surface area contributed by atoms with E-state index in [9.17, 15) is 15.3 Å². The van der Waals surface area contributed by atoms with Gasteiger partial charge in [0.15, 0.2) is 6.29 Å². The van der Waals surface area contributed by atoms with Crippen molar-refractivity contribution in [2.45, 2.75) is 56.9 Å². The summed E-state index contributed by atoms with van der Waals surface area (Å²) in [6.07, 6.45) is -2.85. The molecule has 17 heavy (non-hydrogen) atoms. The molecule has 0 aromatic heterocycles. The third-order valence-electron chi connectivity index (χ3n) is 2.90. The first-order chi connectivity index (χ1) is 8.11. The predicted molar refractivity (Wildman–Crippen MR) is 59.2 cm³/mol. The minimum absolute atomic E-state index is 0.400. The number of aliphatic hydroxyl groups is 4. The van der Waals surface area contributed by atoms with Crippen LogP contribution in [0.3, 0.4) is 0 Å². The lowest BCUT2D eigenvalue weighted by molar-refractivity contribution is -0.294. The molecule has 6 nitrogen and oxygen atoms in total. The number of hydrogen-bond donors (Lipinski definition) is 4. The molecule has 1 heterocycles. The Balaban J connectivity index is 2.47. The minimum atomic E-state index is -1.44. The van der Waals surface area contributed by atoms with E-state index in [1.807, 2.05) is 0 Å². The molecule has 0 amide bonds. The van der Waals surface area contributed by atoms with Gasteiger partial charge in [-0.2, -0.15) is 0 Å². The van der Waals surface area contributed by atoms with Crippen molar-refractivity contribution in [2.75, 3.05) is 13.2 Å². The van der Waals surface area contributed by atoms with E-state index in [-0.39, 0.29) is 0 Å². The van der Waals surface area contributed by atoms with Gasteiger partial charge in [0.25, 0.3) is 0 Å². The van der Waals surface area contributed by atoms with Crippen LogP contribution in [0, 0.1) is 0 Å². The van der Waals surface area contributed by atoms with Gasteiger partial charge in [0.05, 0.1) is 6.61 Å². The van der Waals surface area contributed by atoms with Crippen LogP contribution in [0.1, 0.15) is 26.2 Å². The molecule has 1 aliphatic rings. The molecule has 0 spiro atoms. The van der Waals surface area contributed by atoms with Gasteiger partial charge in [0.2, 0.25) is 0 Å². The van der Waals surface area contributed by atoms with Crippen molar-refractivity contribution in [3.05, 3.63) is 0 Å². The van der Waals surface area contributed by atoms with Crippen molar-refractivity contribution in [3.8, 4) is 0 Å². The summed E-state index contributed by atoms with van der Waals surface area (Å²) in [6.45, 7) is 2.03. The number of ether oxygens (including phenoxy) is 2. The van der Waals surface area contributed by atoms with E-state index in [4.69, 9.17) is 14.6 Å². The fraction of sp³-hybridized carbons (Fsp3) is 1.00. The molecule has 0 aromatic rings. The molecule has 102 valence electrons. The normalized spacial score (nSPS) is 38.3. The van der Waals surface area contributed by atoms with Crippen molar-refractivity contribution >= 4 is 0 Å². The van der Waals surface area contributed by atoms with Gasteiger partial charge in [0, 0.05) is 6.61 Å². The molecule has 0 aromatic carbocycles. The molecule has 1 fully saturated rings. The smallest absolute Gasteiger partial charge is 0.184 e. The number of hydrogen-bond acceptors (Lipinski definition) is 6.